The second-order valence-corrected chi connectivity index (χ2v) is 6.73. The molecule has 0 spiro atoms. The maximum Gasteiger partial charge on any atom is 0.0270 e. The zero-order chi connectivity index (χ0) is 14.5. The van der Waals surface area contributed by atoms with E-state index in [1.165, 1.54) is 70.4 Å². The highest BCUT2D eigenvalue weighted by Gasteiger charge is 2.27. The smallest absolute Gasteiger partial charge is 0.0270 e. The van der Waals surface area contributed by atoms with Crippen molar-refractivity contribution < 1.29 is 0 Å². The van der Waals surface area contributed by atoms with E-state index in [9.17, 15) is 0 Å². The second kappa shape index (κ2) is 7.37. The average Bonchev–Trinajstić information content (AvgIpc) is 2.48. The Morgan fingerprint density at radius 3 is 2.76 bits per heavy atom. The summed E-state index contributed by atoms with van der Waals surface area (Å²) in [6.45, 7) is 8.75. The van der Waals surface area contributed by atoms with Crippen molar-refractivity contribution in [2.45, 2.75) is 45.1 Å². The van der Waals surface area contributed by atoms with E-state index >= 15 is 0 Å². The fraction of sp³-hybridized carbons (Fsp3) is 0.722. The molecule has 1 aromatic rings. The largest absolute Gasteiger partial charge is 0.303 e. The van der Waals surface area contributed by atoms with E-state index in [1.807, 2.05) is 12.4 Å². The first-order chi connectivity index (χ1) is 10.3. The summed E-state index contributed by atoms with van der Waals surface area (Å²) in [5, 5.41) is 0. The number of piperidine rings is 1. The summed E-state index contributed by atoms with van der Waals surface area (Å²) in [6.07, 6.45) is 10.6. The lowest BCUT2D eigenvalue weighted by Gasteiger charge is -2.42. The molecule has 2 aliphatic rings. The fourth-order valence-electron chi connectivity index (χ4n) is 3.94. The molecule has 0 aromatic carbocycles. The van der Waals surface area contributed by atoms with Crippen molar-refractivity contribution in [2.24, 2.45) is 5.92 Å². The second-order valence-electron chi connectivity index (χ2n) is 6.73. The van der Waals surface area contributed by atoms with Gasteiger partial charge in [0.15, 0.2) is 0 Å². The molecule has 3 heteroatoms. The Labute approximate surface area is 129 Å². The van der Waals surface area contributed by atoms with E-state index in [4.69, 9.17) is 0 Å². The van der Waals surface area contributed by atoms with E-state index in [-0.39, 0.29) is 0 Å². The zero-order valence-corrected chi connectivity index (χ0v) is 13.4. The molecule has 0 amide bonds. The predicted octanol–water partition coefficient (Wildman–Crippen LogP) is 2.82. The molecular weight excluding hydrogens is 258 g/mol. The van der Waals surface area contributed by atoms with Crippen LogP contribution in [-0.2, 0) is 6.42 Å². The molecule has 2 fully saturated rings. The molecule has 1 aromatic heterocycles. The molecule has 0 aliphatic carbocycles. The number of pyridine rings is 1. The van der Waals surface area contributed by atoms with Gasteiger partial charge in [0.25, 0.3) is 0 Å². The maximum absolute atomic E-state index is 4.12. The Bertz CT molecular complexity index is 418. The van der Waals surface area contributed by atoms with E-state index < -0.39 is 0 Å². The van der Waals surface area contributed by atoms with Crippen LogP contribution in [0, 0.1) is 5.92 Å². The molecule has 2 aliphatic heterocycles. The maximum atomic E-state index is 4.12. The SMILES string of the molecule is CCN1CCC1CCN1CCC[C@@H](Cc2ccncc2)C1. The van der Waals surface area contributed by atoms with E-state index in [1.54, 1.807) is 0 Å². The molecule has 116 valence electrons. The van der Waals surface area contributed by atoms with Crippen LogP contribution in [0.2, 0.25) is 0 Å². The molecule has 2 atom stereocenters. The standard InChI is InChI=1S/C18H29N3/c1-2-21-13-8-18(21)7-12-20-11-3-4-17(15-20)14-16-5-9-19-10-6-16/h5-6,9-10,17-18H,2-4,7-8,11-15H2,1H3/t17-,18?/m0/s1. The summed E-state index contributed by atoms with van der Waals surface area (Å²) in [7, 11) is 0. The van der Waals surface area contributed by atoms with Gasteiger partial charge >= 0.3 is 0 Å². The molecule has 0 N–H and O–H groups in total. The van der Waals surface area contributed by atoms with Crippen molar-refractivity contribution in [1.82, 2.24) is 14.8 Å². The van der Waals surface area contributed by atoms with Gasteiger partial charge in [-0.05, 0) is 81.9 Å². The van der Waals surface area contributed by atoms with Crippen LogP contribution in [0.3, 0.4) is 0 Å². The van der Waals surface area contributed by atoms with Crippen LogP contribution < -0.4 is 0 Å². The molecule has 3 nitrogen and oxygen atoms in total. The van der Waals surface area contributed by atoms with Gasteiger partial charge < -0.3 is 9.80 Å². The highest BCUT2D eigenvalue weighted by atomic mass is 15.2. The lowest BCUT2D eigenvalue weighted by Crippen LogP contribution is -2.49. The number of hydrogen-bond acceptors (Lipinski definition) is 3. The minimum atomic E-state index is 0.838. The minimum absolute atomic E-state index is 0.838. The van der Waals surface area contributed by atoms with E-state index in [0.29, 0.717) is 0 Å². The van der Waals surface area contributed by atoms with Gasteiger partial charge in [-0.1, -0.05) is 6.92 Å². The van der Waals surface area contributed by atoms with E-state index in [2.05, 4.69) is 33.8 Å². The summed E-state index contributed by atoms with van der Waals surface area (Å²) < 4.78 is 0. The van der Waals surface area contributed by atoms with Crippen molar-refractivity contribution in [2.75, 3.05) is 32.7 Å². The highest BCUT2D eigenvalue weighted by Crippen LogP contribution is 2.23. The monoisotopic (exact) mass is 287 g/mol. The van der Waals surface area contributed by atoms with Gasteiger partial charge in [-0.3, -0.25) is 4.98 Å². The van der Waals surface area contributed by atoms with Crippen LogP contribution >= 0.6 is 0 Å². The first-order valence-electron chi connectivity index (χ1n) is 8.70. The quantitative estimate of drug-likeness (QED) is 0.802. The van der Waals surface area contributed by atoms with Crippen LogP contribution in [0.4, 0.5) is 0 Å². The number of hydrogen-bond donors (Lipinski definition) is 0. The Morgan fingerprint density at radius 2 is 2.05 bits per heavy atom. The van der Waals surface area contributed by atoms with Gasteiger partial charge in [-0.25, -0.2) is 0 Å². The summed E-state index contributed by atoms with van der Waals surface area (Å²) in [4.78, 5) is 9.45. The molecule has 3 rings (SSSR count). The van der Waals surface area contributed by atoms with Crippen LogP contribution in [-0.4, -0.2) is 53.5 Å². The van der Waals surface area contributed by atoms with Crippen molar-refractivity contribution in [3.05, 3.63) is 30.1 Å². The topological polar surface area (TPSA) is 19.4 Å². The van der Waals surface area contributed by atoms with Crippen LogP contribution in [0.1, 0.15) is 38.2 Å². The molecular formula is C18H29N3. The van der Waals surface area contributed by atoms with Gasteiger partial charge in [0.1, 0.15) is 0 Å². The molecule has 0 saturated carbocycles. The van der Waals surface area contributed by atoms with Gasteiger partial charge in [-0.2, -0.15) is 0 Å². The van der Waals surface area contributed by atoms with Gasteiger partial charge in [-0.15, -0.1) is 0 Å². The predicted molar refractivity (Wildman–Crippen MR) is 87.4 cm³/mol. The Kier molecular flexibility index (Phi) is 5.26. The number of likely N-dealkylation sites (tertiary alicyclic amines) is 2. The normalized spacial score (nSPS) is 27.5. The lowest BCUT2D eigenvalue weighted by molar-refractivity contribution is 0.0722. The van der Waals surface area contributed by atoms with Crippen molar-refractivity contribution in [3.8, 4) is 0 Å². The highest BCUT2D eigenvalue weighted by molar-refractivity contribution is 5.10. The summed E-state index contributed by atoms with van der Waals surface area (Å²) in [5.74, 6) is 0.838. The summed E-state index contributed by atoms with van der Waals surface area (Å²) in [5.41, 5.74) is 1.45. The van der Waals surface area contributed by atoms with Crippen molar-refractivity contribution in [1.29, 1.82) is 0 Å². The summed E-state index contributed by atoms with van der Waals surface area (Å²) >= 11 is 0. The third kappa shape index (κ3) is 4.04. The first-order valence-corrected chi connectivity index (χ1v) is 8.70. The zero-order valence-electron chi connectivity index (χ0n) is 13.4. The van der Waals surface area contributed by atoms with E-state index in [0.717, 1.165) is 12.0 Å². The number of aromatic nitrogens is 1. The Balaban J connectivity index is 1.43. The molecule has 0 bridgehead atoms. The first kappa shape index (κ1) is 15.0. The van der Waals surface area contributed by atoms with Crippen LogP contribution in [0.5, 0.6) is 0 Å². The molecule has 2 saturated heterocycles. The van der Waals surface area contributed by atoms with Gasteiger partial charge in [0.05, 0.1) is 0 Å². The van der Waals surface area contributed by atoms with Crippen molar-refractivity contribution >= 4 is 0 Å². The van der Waals surface area contributed by atoms with Crippen molar-refractivity contribution in [3.63, 3.8) is 0 Å². The minimum Gasteiger partial charge on any atom is -0.303 e. The number of rotatable bonds is 6. The lowest BCUT2D eigenvalue weighted by atomic mass is 9.91. The van der Waals surface area contributed by atoms with Gasteiger partial charge in [0.2, 0.25) is 0 Å². The molecule has 0 radical (unpaired) electrons. The number of nitrogens with zero attached hydrogens (tertiary/aromatic N) is 3. The molecule has 21 heavy (non-hydrogen) atoms. The van der Waals surface area contributed by atoms with Crippen LogP contribution in [0.25, 0.3) is 0 Å². The molecule has 1 unspecified atom stereocenters. The Hall–Kier alpha value is -0.930. The third-order valence-electron chi connectivity index (χ3n) is 5.33. The fourth-order valence-corrected chi connectivity index (χ4v) is 3.94. The Morgan fingerprint density at radius 1 is 1.19 bits per heavy atom. The third-order valence-corrected chi connectivity index (χ3v) is 5.33. The average molecular weight is 287 g/mol. The van der Waals surface area contributed by atoms with Crippen LogP contribution in [0.15, 0.2) is 24.5 Å². The van der Waals surface area contributed by atoms with Gasteiger partial charge in [0, 0.05) is 25.0 Å². The summed E-state index contributed by atoms with van der Waals surface area (Å²) in [6, 6.07) is 5.22. The molecule has 3 heterocycles.